The lowest BCUT2D eigenvalue weighted by Gasteiger charge is -2.15. The van der Waals surface area contributed by atoms with E-state index in [1.54, 1.807) is 72.8 Å². The third kappa shape index (κ3) is 6.08. The Bertz CT molecular complexity index is 2050. The molecule has 0 atom stereocenters. The maximum Gasteiger partial charge on any atom is 0.261 e. The van der Waals surface area contributed by atoms with E-state index in [2.05, 4.69) is 9.44 Å². The van der Waals surface area contributed by atoms with E-state index in [1.807, 2.05) is 74.5 Å². The molecule has 0 unspecified atom stereocenters. The first-order valence-corrected chi connectivity index (χ1v) is 17.0. The van der Waals surface area contributed by atoms with E-state index >= 15 is 0 Å². The Morgan fingerprint density at radius 3 is 1.18 bits per heavy atom. The standard InChI is InChI=1S/C36H30N2O4S2/c1-25-11-19-31(20-12-25)43(39,40)37-35-9-5-3-7-33(35)29-17-15-28-24-30(18-16-27(28)23-29)34-8-4-6-10-36(34)38-44(41,42)32-21-13-26(2)14-22-32/h3-24,37-38H,1-2H3. The van der Waals surface area contributed by atoms with E-state index in [-0.39, 0.29) is 9.79 Å². The SMILES string of the molecule is Cc1ccc(S(=O)(=O)Nc2ccccc2-c2ccc3cc(-c4ccccc4NS(=O)(=O)c4ccc(C)cc4)ccc3c2)cc1. The van der Waals surface area contributed by atoms with Crippen molar-refractivity contribution in [1.29, 1.82) is 0 Å². The summed E-state index contributed by atoms with van der Waals surface area (Å²) in [6, 6.07) is 40.0. The van der Waals surface area contributed by atoms with Crippen LogP contribution in [0.3, 0.4) is 0 Å². The maximum atomic E-state index is 13.1. The highest BCUT2D eigenvalue weighted by atomic mass is 32.2. The minimum absolute atomic E-state index is 0.199. The van der Waals surface area contributed by atoms with Gasteiger partial charge in [0.2, 0.25) is 0 Å². The third-order valence-corrected chi connectivity index (χ3v) is 10.2. The van der Waals surface area contributed by atoms with Crippen molar-refractivity contribution in [3.63, 3.8) is 0 Å². The lowest BCUT2D eigenvalue weighted by atomic mass is 9.96. The van der Waals surface area contributed by atoms with Gasteiger partial charge in [-0.25, -0.2) is 16.8 Å². The lowest BCUT2D eigenvalue weighted by Crippen LogP contribution is -2.13. The zero-order valence-corrected chi connectivity index (χ0v) is 25.8. The van der Waals surface area contributed by atoms with Crippen LogP contribution in [0.5, 0.6) is 0 Å². The summed E-state index contributed by atoms with van der Waals surface area (Å²) >= 11 is 0. The molecule has 0 fully saturated rings. The van der Waals surface area contributed by atoms with E-state index in [9.17, 15) is 16.8 Å². The molecular weight excluding hydrogens is 589 g/mol. The van der Waals surface area contributed by atoms with Gasteiger partial charge in [-0.3, -0.25) is 9.44 Å². The Balaban J connectivity index is 1.31. The molecule has 0 aromatic heterocycles. The van der Waals surface area contributed by atoms with Gasteiger partial charge >= 0.3 is 0 Å². The summed E-state index contributed by atoms with van der Waals surface area (Å²) in [6.45, 7) is 3.82. The molecule has 0 aliphatic heterocycles. The van der Waals surface area contributed by atoms with E-state index < -0.39 is 20.0 Å². The summed E-state index contributed by atoms with van der Waals surface area (Å²) in [5.41, 5.74) is 6.16. The fourth-order valence-electron chi connectivity index (χ4n) is 5.07. The predicted octanol–water partition coefficient (Wildman–Crippen LogP) is 8.39. The highest BCUT2D eigenvalue weighted by Crippen LogP contribution is 2.35. The number of rotatable bonds is 8. The molecule has 6 nitrogen and oxygen atoms in total. The van der Waals surface area contributed by atoms with Gasteiger partial charge in [0.05, 0.1) is 21.2 Å². The van der Waals surface area contributed by atoms with E-state index in [0.29, 0.717) is 11.4 Å². The third-order valence-electron chi connectivity index (χ3n) is 7.47. The van der Waals surface area contributed by atoms with Crippen molar-refractivity contribution in [3.05, 3.63) is 145 Å². The molecule has 2 N–H and O–H groups in total. The molecule has 6 aromatic rings. The molecule has 0 aliphatic rings. The fourth-order valence-corrected chi connectivity index (χ4v) is 7.23. The molecule has 0 aliphatic carbocycles. The number of aryl methyl sites for hydroxylation is 2. The molecule has 0 saturated carbocycles. The van der Waals surface area contributed by atoms with Crippen LogP contribution >= 0.6 is 0 Å². The Labute approximate surface area is 258 Å². The molecular formula is C36H30N2O4S2. The van der Waals surface area contributed by atoms with Gasteiger partial charge in [0, 0.05) is 11.1 Å². The first-order chi connectivity index (χ1) is 21.1. The summed E-state index contributed by atoms with van der Waals surface area (Å²) in [5, 5.41) is 1.92. The summed E-state index contributed by atoms with van der Waals surface area (Å²) in [5.74, 6) is 0. The normalized spacial score (nSPS) is 11.8. The molecule has 220 valence electrons. The van der Waals surface area contributed by atoms with Gasteiger partial charge in [-0.2, -0.15) is 0 Å². The average molecular weight is 619 g/mol. The van der Waals surface area contributed by atoms with Crippen LogP contribution in [-0.4, -0.2) is 16.8 Å². The van der Waals surface area contributed by atoms with Crippen LogP contribution in [0.4, 0.5) is 11.4 Å². The molecule has 6 aromatic carbocycles. The highest BCUT2D eigenvalue weighted by Gasteiger charge is 2.18. The molecule has 44 heavy (non-hydrogen) atoms. The van der Waals surface area contributed by atoms with Crippen molar-refractivity contribution in [2.45, 2.75) is 23.6 Å². The Morgan fingerprint density at radius 2 is 0.795 bits per heavy atom. The van der Waals surface area contributed by atoms with Crippen molar-refractivity contribution in [2.75, 3.05) is 9.44 Å². The van der Waals surface area contributed by atoms with Crippen molar-refractivity contribution in [3.8, 4) is 22.3 Å². The Hall–Kier alpha value is -4.92. The number of nitrogens with one attached hydrogen (secondary N) is 2. The molecule has 8 heteroatoms. The maximum absolute atomic E-state index is 13.1. The zero-order valence-electron chi connectivity index (χ0n) is 24.2. The number of anilines is 2. The smallest absolute Gasteiger partial charge is 0.261 e. The number of sulfonamides is 2. The second kappa shape index (κ2) is 11.6. The van der Waals surface area contributed by atoms with Gasteiger partial charge < -0.3 is 0 Å². The predicted molar refractivity (Wildman–Crippen MR) is 179 cm³/mol. The van der Waals surface area contributed by atoms with E-state index in [4.69, 9.17) is 0 Å². The summed E-state index contributed by atoms with van der Waals surface area (Å²) in [7, 11) is -7.55. The lowest BCUT2D eigenvalue weighted by molar-refractivity contribution is 0.599. The van der Waals surface area contributed by atoms with Gasteiger partial charge in [-0.05, 0) is 84.3 Å². The first-order valence-electron chi connectivity index (χ1n) is 14.0. The fraction of sp³-hybridized carbons (Fsp3) is 0.0556. The van der Waals surface area contributed by atoms with Crippen LogP contribution in [-0.2, 0) is 20.0 Å². The number of para-hydroxylation sites is 2. The molecule has 0 radical (unpaired) electrons. The topological polar surface area (TPSA) is 92.3 Å². The largest absolute Gasteiger partial charge is 0.279 e. The number of hydrogen-bond acceptors (Lipinski definition) is 4. The quantitative estimate of drug-likeness (QED) is 0.179. The van der Waals surface area contributed by atoms with Crippen LogP contribution in [0, 0.1) is 13.8 Å². The highest BCUT2D eigenvalue weighted by molar-refractivity contribution is 7.93. The number of benzene rings is 6. The molecule has 0 saturated heterocycles. The van der Waals surface area contributed by atoms with Crippen LogP contribution in [0.15, 0.2) is 143 Å². The van der Waals surface area contributed by atoms with Gasteiger partial charge in [0.15, 0.2) is 0 Å². The van der Waals surface area contributed by atoms with Crippen molar-refractivity contribution in [2.24, 2.45) is 0 Å². The molecule has 0 spiro atoms. The van der Waals surface area contributed by atoms with Crippen molar-refractivity contribution >= 4 is 42.2 Å². The monoisotopic (exact) mass is 618 g/mol. The number of hydrogen-bond donors (Lipinski definition) is 2. The van der Waals surface area contributed by atoms with E-state index in [1.165, 1.54) is 0 Å². The van der Waals surface area contributed by atoms with Gasteiger partial charge in [0.25, 0.3) is 20.0 Å². The Morgan fingerprint density at radius 1 is 0.432 bits per heavy atom. The second-order valence-corrected chi connectivity index (χ2v) is 14.1. The average Bonchev–Trinajstić information content (AvgIpc) is 3.01. The molecule has 0 amide bonds. The van der Waals surface area contributed by atoms with Crippen LogP contribution < -0.4 is 9.44 Å². The van der Waals surface area contributed by atoms with Crippen LogP contribution in [0.25, 0.3) is 33.0 Å². The summed E-state index contributed by atoms with van der Waals surface area (Å²) in [4.78, 5) is 0.399. The molecule has 0 heterocycles. The molecule has 0 bridgehead atoms. The second-order valence-electron chi connectivity index (χ2n) is 10.7. The molecule has 6 rings (SSSR count). The first kappa shape index (κ1) is 29.2. The minimum atomic E-state index is -3.78. The van der Waals surface area contributed by atoms with Gasteiger partial charge in [-0.15, -0.1) is 0 Å². The van der Waals surface area contributed by atoms with Crippen LogP contribution in [0.2, 0.25) is 0 Å². The minimum Gasteiger partial charge on any atom is -0.279 e. The van der Waals surface area contributed by atoms with E-state index in [0.717, 1.165) is 44.2 Å². The Kier molecular flexibility index (Phi) is 7.71. The van der Waals surface area contributed by atoms with Gasteiger partial charge in [-0.1, -0.05) is 96.1 Å². The summed E-state index contributed by atoms with van der Waals surface area (Å²) < 4.78 is 58.1. The number of fused-ring (bicyclic) bond motifs is 1. The van der Waals surface area contributed by atoms with Crippen molar-refractivity contribution < 1.29 is 16.8 Å². The van der Waals surface area contributed by atoms with Crippen molar-refractivity contribution in [1.82, 2.24) is 0 Å². The van der Waals surface area contributed by atoms with Gasteiger partial charge in [0.1, 0.15) is 0 Å². The zero-order chi connectivity index (χ0) is 30.9. The van der Waals surface area contributed by atoms with Crippen LogP contribution in [0.1, 0.15) is 11.1 Å². The summed E-state index contributed by atoms with van der Waals surface area (Å²) in [6.07, 6.45) is 0.